The van der Waals surface area contributed by atoms with Crippen LogP contribution in [0.3, 0.4) is 0 Å². The highest BCUT2D eigenvalue weighted by molar-refractivity contribution is 6.55. The van der Waals surface area contributed by atoms with Crippen molar-refractivity contribution in [3.63, 3.8) is 0 Å². The number of Topliss-reactive ketones (excluding diaryl/α,β-unsaturated/α-hetero) is 1. The number of hydrogen-bond donors (Lipinski definition) is 9. The van der Waals surface area contributed by atoms with Gasteiger partial charge in [0.15, 0.2) is 5.69 Å². The molecule has 34 nitrogen and oxygen atoms in total. The van der Waals surface area contributed by atoms with Crippen LogP contribution in [0, 0.1) is 0 Å². The molecule has 0 radical (unpaired) electrons. The summed E-state index contributed by atoms with van der Waals surface area (Å²) in [6.45, 7) is 7.28. The van der Waals surface area contributed by atoms with E-state index in [1.54, 1.807) is 87.7 Å². The second-order valence-electron chi connectivity index (χ2n) is 32.2. The number of nitrogens with two attached hydrogens (primary N) is 1. The molecule has 11 aromatic carbocycles. The number of carboxylic acid groups (broad SMARTS) is 1. The molecule has 15 aromatic rings. The lowest BCUT2D eigenvalue weighted by molar-refractivity contribution is -0.209. The topological polar surface area (TPSA) is 422 Å². The van der Waals surface area contributed by atoms with E-state index in [0.717, 1.165) is 88.1 Å². The number of nitrogens with zero attached hydrogens (tertiary/aromatic N) is 10. The first-order valence-electron chi connectivity index (χ1n) is 44.2. The van der Waals surface area contributed by atoms with Crippen LogP contribution in [-0.4, -0.2) is 208 Å². The highest BCUT2D eigenvalue weighted by atomic mass is 35.5. The maximum Gasteiger partial charge on any atom is 0.354 e. The molecule has 0 unspecified atom stereocenters. The van der Waals surface area contributed by atoms with Gasteiger partial charge in [0.1, 0.15) is 56.5 Å². The summed E-state index contributed by atoms with van der Waals surface area (Å²) >= 11 is 83.7. The lowest BCUT2D eigenvalue weighted by Gasteiger charge is -2.27. The van der Waals surface area contributed by atoms with Gasteiger partial charge in [-0.2, -0.15) is 20.4 Å². The van der Waals surface area contributed by atoms with Gasteiger partial charge in [-0.05, 0) is 156 Å². The lowest BCUT2D eigenvalue weighted by atomic mass is 10.1. The van der Waals surface area contributed by atoms with Crippen LogP contribution in [0.2, 0.25) is 70.3 Å². The number of carbonyl (C=O) groups is 7. The number of aliphatic hydroxyl groups excluding tert-OH is 2. The number of fused-ring (bicyclic) bond motifs is 11. The van der Waals surface area contributed by atoms with E-state index in [1.807, 2.05) is 102 Å². The molecule has 9 heterocycles. The van der Waals surface area contributed by atoms with Crippen LogP contribution in [0.4, 0.5) is 17.1 Å². The molecule has 776 valence electrons. The van der Waals surface area contributed by atoms with Gasteiger partial charge < -0.3 is 79.0 Å². The summed E-state index contributed by atoms with van der Waals surface area (Å²) in [6, 6.07) is 54.3. The number of H-pyrrole nitrogens is 2. The molecule has 0 spiro atoms. The first-order valence-corrected chi connectivity index (χ1v) is 49.4. The van der Waals surface area contributed by atoms with Crippen LogP contribution in [-0.2, 0) is 90.7 Å². The predicted molar refractivity (Wildman–Crippen MR) is 574 cm³/mol. The quantitative estimate of drug-likeness (QED) is 0.0100. The molecule has 0 saturated carbocycles. The Hall–Kier alpha value is -11.3. The third-order valence-corrected chi connectivity index (χ3v) is 29.2. The first-order chi connectivity index (χ1) is 70.9. The number of hydrazine groups is 1. The van der Waals surface area contributed by atoms with E-state index < -0.39 is 41.0 Å². The minimum atomic E-state index is -1.56. The fraction of sp³-hybridized carbons (Fsp3) is 0.230. The average molecular weight is 2300 g/mol. The number of aliphatic hydroxyl groups is 2. The summed E-state index contributed by atoms with van der Waals surface area (Å²) in [6.07, 6.45) is 0. The number of aromatic carboxylic acids is 1. The standard InChI is InChI=1S/C18H17Cl2N3O3.C18H15Cl2N3O2.C18H17Cl2N3O.C10H10Cl2N2O3.C10H9Cl2NO3.C10H15NO2.C8H4Cl2N2O2.C8H3Cl2NO2/c1-26-12-4-2-11(3-5-12)10-23(8-9-24)18(25)17-13-6-7-14(19)15(20)16(13)21-22-17;1-25-12-4-2-11(3-5-12)10-22-8-9-23-17(18(22)24)13-6-7-14(19)15(20)16(13)21-23;1-24-13-4-2-12(3-5-13)10-22-8-9-23-16(11-22)14-6-7-15(19)17(20)18(14)21-23;1-16-10(17-2)5-3-4-6(11)7(12)8(5)14(13)9(10)15;1-15-10(16-2)5-3-4-6(11)7(12)8(5)13-9(10)14;1-13-10-4-2-9(3-5-10)8-11-6-7-12;9-4-2-1-3-6(5(4)10)11-12-7(3)8(13)14;9-4-2-1-3-6(5(4)10)11-8(13)7(3)12/h2-7,24H,8-10H2,1H3,(H,21,22);2-7H,8-10H2,1H3;2-7H,8-11H2,1H3;3-4H,13H2,1-2H3;3-4H,1-2H3,(H,13,14);2-5,11-12H,6-8H2,1H3;1-2H,(H,11,12)(H,13,14);1-2H,(H,11,12,13). The highest BCUT2D eigenvalue weighted by Gasteiger charge is 2.54. The average Bonchev–Trinajstić information content (AvgIpc) is 1.57. The van der Waals surface area contributed by atoms with Crippen LogP contribution >= 0.6 is 162 Å². The van der Waals surface area contributed by atoms with Crippen molar-refractivity contribution < 1.29 is 86.8 Å². The minimum Gasteiger partial charge on any atom is -0.497 e. The molecule has 10 N–H and O–H groups in total. The number of methoxy groups -OCH3 is 8. The Morgan fingerprint density at radius 3 is 1.39 bits per heavy atom. The zero-order valence-electron chi connectivity index (χ0n) is 79.3. The Kier molecular flexibility index (Phi) is 39.2. The molecule has 0 aliphatic carbocycles. The molecule has 0 bridgehead atoms. The van der Waals surface area contributed by atoms with Crippen molar-refractivity contribution in [1.29, 1.82) is 0 Å². The molecule has 0 fully saturated rings. The summed E-state index contributed by atoms with van der Waals surface area (Å²) in [4.78, 5) is 88.4. The Morgan fingerprint density at radius 1 is 0.446 bits per heavy atom. The van der Waals surface area contributed by atoms with Gasteiger partial charge in [0.2, 0.25) is 0 Å². The molecule has 0 atom stereocenters. The van der Waals surface area contributed by atoms with Gasteiger partial charge in [-0.15, -0.1) is 0 Å². The summed E-state index contributed by atoms with van der Waals surface area (Å²) in [5.74, 6) is 2.32. The number of nitrogens with one attached hydrogen (secondary N) is 5. The van der Waals surface area contributed by atoms with Crippen LogP contribution in [0.25, 0.3) is 43.6 Å². The normalized spacial score (nSPS) is 13.7. The second kappa shape index (κ2) is 51.0. The van der Waals surface area contributed by atoms with Crippen molar-refractivity contribution in [2.45, 2.75) is 57.4 Å². The van der Waals surface area contributed by atoms with Crippen LogP contribution in [0.15, 0.2) is 182 Å². The summed E-state index contributed by atoms with van der Waals surface area (Å²) in [5.41, 5.74) is 11.0. The summed E-state index contributed by atoms with van der Waals surface area (Å²) in [5, 5.41) is 65.4. The van der Waals surface area contributed by atoms with Gasteiger partial charge in [-0.25, -0.2) is 15.6 Å². The monoisotopic (exact) mass is 2290 g/mol. The fourth-order valence-electron chi connectivity index (χ4n) is 16.0. The van der Waals surface area contributed by atoms with Crippen molar-refractivity contribution in [2.75, 3.05) is 112 Å². The molecule has 0 saturated heterocycles. The van der Waals surface area contributed by atoms with E-state index in [1.165, 1.54) is 68.4 Å². The summed E-state index contributed by atoms with van der Waals surface area (Å²) < 4.78 is 44.9. The van der Waals surface area contributed by atoms with Gasteiger partial charge in [0.05, 0.1) is 153 Å². The maximum absolute atomic E-state index is 13.0. The molecular weight excluding hydrogens is 2210 g/mol. The number of aromatic nitrogens is 8. The van der Waals surface area contributed by atoms with E-state index in [0.29, 0.717) is 150 Å². The molecule has 4 aromatic heterocycles. The summed E-state index contributed by atoms with van der Waals surface area (Å²) in [7, 11) is 12.0. The fourth-order valence-corrected chi connectivity index (χ4v) is 18.6. The van der Waals surface area contributed by atoms with Crippen molar-refractivity contribution >= 4 is 264 Å². The number of aromatic amines is 2. The van der Waals surface area contributed by atoms with E-state index in [-0.39, 0.29) is 62.9 Å². The van der Waals surface area contributed by atoms with E-state index >= 15 is 0 Å². The number of rotatable bonds is 22. The molecule has 48 heteroatoms. The number of hydrogen-bond acceptors (Lipinski definition) is 24. The minimum absolute atomic E-state index is 0.0126. The molecular formula is C100H90Cl14N16O18. The Labute approximate surface area is 915 Å². The van der Waals surface area contributed by atoms with Gasteiger partial charge in [0.25, 0.3) is 41.0 Å². The number of halogens is 14. The van der Waals surface area contributed by atoms with E-state index in [9.17, 15) is 38.7 Å². The maximum atomic E-state index is 13.0. The molecule has 5 amide bonds. The van der Waals surface area contributed by atoms with E-state index in [4.69, 9.17) is 216 Å². The predicted octanol–water partition coefficient (Wildman–Crippen LogP) is 21.4. The SMILES string of the molecule is COC1(OC)C(=O)N(N)c2c1ccc(Cl)c2Cl.COC1(OC)C(=O)Nc2c1ccc(Cl)c2Cl.COc1ccc(CN(CCO)C(=O)c2[nH]nc3c(Cl)c(Cl)ccc23)cc1.COc1ccc(CN2CCn3nc4c(Cl)c(Cl)ccc4c3C2)cc1.COc1ccc(CN2CCn3nc4c(Cl)c(Cl)ccc4c3C2=O)cc1.COc1ccc(CNCCO)cc1.O=C(O)c1[nH]nc2c(Cl)c(Cl)ccc12.O=C1Nc2c(ccc(Cl)c2Cl)C1=O. The molecule has 20 rings (SSSR count). The number of benzene rings is 11. The number of ketones is 1. The highest BCUT2D eigenvalue weighted by Crippen LogP contribution is 2.49. The Balaban J connectivity index is 0.000000143. The van der Waals surface area contributed by atoms with E-state index in [2.05, 4.69) is 68.3 Å². The zero-order valence-corrected chi connectivity index (χ0v) is 89.9. The van der Waals surface area contributed by atoms with Gasteiger partial charge in [-0.1, -0.05) is 211 Å². The van der Waals surface area contributed by atoms with Gasteiger partial charge in [-0.3, -0.25) is 53.2 Å². The Morgan fingerprint density at radius 2 is 0.878 bits per heavy atom. The Bertz CT molecular complexity index is 7450. The van der Waals surface area contributed by atoms with Gasteiger partial charge in [0, 0.05) is 120 Å². The lowest BCUT2D eigenvalue weighted by Crippen LogP contribution is -2.46. The largest absolute Gasteiger partial charge is 0.497 e. The molecule has 5 aliphatic heterocycles. The van der Waals surface area contributed by atoms with Crippen LogP contribution in [0.5, 0.6) is 23.0 Å². The number of carbonyl (C=O) groups excluding carboxylic acids is 6. The number of anilines is 3. The molecule has 5 aliphatic rings. The number of carboxylic acids is 1. The number of ether oxygens (including phenoxy) is 8. The smallest absolute Gasteiger partial charge is 0.354 e. The second-order valence-corrected chi connectivity index (χ2v) is 37.7. The first kappa shape index (κ1) is 114. The third-order valence-electron chi connectivity index (χ3n) is 23.6. The van der Waals surface area contributed by atoms with Crippen molar-refractivity contribution in [3.8, 4) is 23.0 Å². The number of amides is 5. The van der Waals surface area contributed by atoms with Crippen LogP contribution < -0.4 is 45.7 Å². The van der Waals surface area contributed by atoms with Crippen molar-refractivity contribution in [3.05, 3.63) is 314 Å². The third kappa shape index (κ3) is 24.8. The van der Waals surface area contributed by atoms with Crippen LogP contribution in [0.1, 0.15) is 80.9 Å². The van der Waals surface area contributed by atoms with Crippen molar-refractivity contribution in [2.24, 2.45) is 5.84 Å². The van der Waals surface area contributed by atoms with Crippen molar-refractivity contribution in [1.82, 2.24) is 60.0 Å². The van der Waals surface area contributed by atoms with Gasteiger partial charge >= 0.3 is 11.9 Å². The zero-order chi connectivity index (χ0) is 107. The molecule has 148 heavy (non-hydrogen) atoms.